The van der Waals surface area contributed by atoms with E-state index in [-0.39, 0.29) is 11.6 Å². The molecule has 0 aromatic heterocycles. The zero-order valence-electron chi connectivity index (χ0n) is 6.60. The maximum Gasteiger partial charge on any atom is 0.189 e. The molecular formula is C10H7FO. The first-order chi connectivity index (χ1) is 5.68. The quantitative estimate of drug-likeness (QED) is 0.572. The van der Waals surface area contributed by atoms with Gasteiger partial charge in [-0.3, -0.25) is 4.79 Å². The average Bonchev–Trinajstić information content (AvgIpc) is 2.31. The number of ketones is 1. The van der Waals surface area contributed by atoms with Gasteiger partial charge in [-0.15, -0.1) is 0 Å². The van der Waals surface area contributed by atoms with E-state index in [4.69, 9.17) is 0 Å². The molecule has 0 fully saturated rings. The van der Waals surface area contributed by atoms with E-state index >= 15 is 0 Å². The van der Waals surface area contributed by atoms with Crippen LogP contribution in [0.15, 0.2) is 23.8 Å². The molecule has 0 atom stereocenters. The molecule has 0 saturated carbocycles. The van der Waals surface area contributed by atoms with Gasteiger partial charge < -0.3 is 0 Å². The lowest BCUT2D eigenvalue weighted by atomic mass is 10.1. The first kappa shape index (κ1) is 7.22. The minimum Gasteiger partial charge on any atom is -0.289 e. The summed E-state index contributed by atoms with van der Waals surface area (Å²) in [5, 5.41) is 0. The zero-order chi connectivity index (χ0) is 8.72. The van der Waals surface area contributed by atoms with E-state index < -0.39 is 0 Å². The van der Waals surface area contributed by atoms with Gasteiger partial charge in [0.25, 0.3) is 0 Å². The van der Waals surface area contributed by atoms with Gasteiger partial charge in [-0.05, 0) is 36.3 Å². The van der Waals surface area contributed by atoms with Crippen LogP contribution in [-0.2, 0) is 0 Å². The predicted octanol–water partition coefficient (Wildman–Crippen LogP) is 2.43. The second kappa shape index (κ2) is 2.27. The lowest BCUT2D eigenvalue weighted by Crippen LogP contribution is -1.95. The number of fused-ring (bicyclic) bond motifs is 1. The molecule has 1 aliphatic rings. The van der Waals surface area contributed by atoms with Gasteiger partial charge in [-0.2, -0.15) is 0 Å². The van der Waals surface area contributed by atoms with Crippen LogP contribution in [0.2, 0.25) is 0 Å². The number of rotatable bonds is 0. The summed E-state index contributed by atoms with van der Waals surface area (Å²) < 4.78 is 12.7. The second-order valence-corrected chi connectivity index (χ2v) is 2.89. The minimum absolute atomic E-state index is 0.0653. The van der Waals surface area contributed by atoms with Crippen LogP contribution in [0.1, 0.15) is 22.8 Å². The van der Waals surface area contributed by atoms with E-state index in [9.17, 15) is 9.18 Å². The Morgan fingerprint density at radius 3 is 2.83 bits per heavy atom. The van der Waals surface area contributed by atoms with E-state index in [2.05, 4.69) is 0 Å². The Balaban J connectivity index is 2.65. The summed E-state index contributed by atoms with van der Waals surface area (Å²) in [6, 6.07) is 4.27. The second-order valence-electron chi connectivity index (χ2n) is 2.89. The van der Waals surface area contributed by atoms with Crippen LogP contribution in [0.4, 0.5) is 4.39 Å². The third-order valence-electron chi connectivity index (χ3n) is 1.99. The van der Waals surface area contributed by atoms with Crippen molar-refractivity contribution in [3.05, 3.63) is 40.7 Å². The van der Waals surface area contributed by atoms with Crippen LogP contribution in [-0.4, -0.2) is 5.78 Å². The Bertz CT molecular complexity index is 391. The smallest absolute Gasteiger partial charge is 0.189 e. The van der Waals surface area contributed by atoms with Gasteiger partial charge in [0, 0.05) is 5.56 Å². The molecule has 1 aromatic carbocycles. The largest absolute Gasteiger partial charge is 0.289 e. The summed E-state index contributed by atoms with van der Waals surface area (Å²) in [4.78, 5) is 11.3. The first-order valence-corrected chi connectivity index (χ1v) is 3.71. The average molecular weight is 162 g/mol. The van der Waals surface area contributed by atoms with Crippen LogP contribution >= 0.6 is 0 Å². The summed E-state index contributed by atoms with van der Waals surface area (Å²) in [5.74, 6) is -0.422. The third-order valence-corrected chi connectivity index (χ3v) is 1.99. The molecule has 0 aliphatic heterocycles. The topological polar surface area (TPSA) is 17.1 Å². The van der Waals surface area contributed by atoms with Crippen molar-refractivity contribution < 1.29 is 9.18 Å². The number of Topliss-reactive ketones (excluding diaryl/α,β-unsaturated/α-hetero) is 1. The molecule has 0 amide bonds. The molecule has 0 bridgehead atoms. The number of benzene rings is 1. The summed E-state index contributed by atoms with van der Waals surface area (Å²) in [6.45, 7) is 1.74. The Morgan fingerprint density at radius 1 is 1.33 bits per heavy atom. The molecule has 12 heavy (non-hydrogen) atoms. The number of carbonyl (C=O) groups excluding carboxylic acids is 1. The molecule has 2 heteroatoms. The standard InChI is InChI=1S/C10H7FO/c1-6-4-7-2-3-8(11)5-9(7)10(6)12/h2-5H,1H3. The summed E-state index contributed by atoms with van der Waals surface area (Å²) in [7, 11) is 0. The highest BCUT2D eigenvalue weighted by molar-refractivity contribution is 6.17. The number of allylic oxidation sites excluding steroid dienone is 1. The minimum atomic E-state index is -0.356. The fourth-order valence-electron chi connectivity index (χ4n) is 1.36. The fraction of sp³-hybridized carbons (Fsp3) is 0.100. The zero-order valence-corrected chi connectivity index (χ0v) is 6.60. The molecule has 1 nitrogen and oxygen atoms in total. The van der Waals surface area contributed by atoms with Gasteiger partial charge in [0.2, 0.25) is 0 Å². The molecule has 0 unspecified atom stereocenters. The van der Waals surface area contributed by atoms with Crippen molar-refractivity contribution in [3.8, 4) is 0 Å². The van der Waals surface area contributed by atoms with E-state index in [0.717, 1.165) is 5.56 Å². The van der Waals surface area contributed by atoms with Crippen molar-refractivity contribution in [1.82, 2.24) is 0 Å². The van der Waals surface area contributed by atoms with Gasteiger partial charge in [0.1, 0.15) is 5.82 Å². The van der Waals surface area contributed by atoms with Crippen molar-refractivity contribution in [2.24, 2.45) is 0 Å². The molecule has 0 spiro atoms. The molecule has 0 heterocycles. The van der Waals surface area contributed by atoms with Gasteiger partial charge in [-0.1, -0.05) is 6.07 Å². The van der Waals surface area contributed by atoms with Crippen molar-refractivity contribution in [2.75, 3.05) is 0 Å². The van der Waals surface area contributed by atoms with Crippen LogP contribution in [0.3, 0.4) is 0 Å². The van der Waals surface area contributed by atoms with Crippen LogP contribution in [0.5, 0.6) is 0 Å². The van der Waals surface area contributed by atoms with Gasteiger partial charge in [0.05, 0.1) is 0 Å². The van der Waals surface area contributed by atoms with Crippen molar-refractivity contribution in [1.29, 1.82) is 0 Å². The summed E-state index contributed by atoms with van der Waals surface area (Å²) in [6.07, 6.45) is 1.77. The molecule has 0 radical (unpaired) electrons. The van der Waals surface area contributed by atoms with E-state index in [1.165, 1.54) is 12.1 Å². The maximum atomic E-state index is 12.7. The SMILES string of the molecule is CC1=Cc2ccc(F)cc2C1=O. The van der Waals surface area contributed by atoms with Crippen molar-refractivity contribution in [2.45, 2.75) is 6.92 Å². The maximum absolute atomic E-state index is 12.7. The lowest BCUT2D eigenvalue weighted by molar-refractivity contribution is 0.103. The number of hydrogen-bond acceptors (Lipinski definition) is 1. The van der Waals surface area contributed by atoms with E-state index in [1.807, 2.05) is 0 Å². The van der Waals surface area contributed by atoms with E-state index in [1.54, 1.807) is 19.1 Å². The Hall–Kier alpha value is -1.44. The molecule has 0 saturated heterocycles. The molecule has 2 rings (SSSR count). The molecule has 1 aliphatic carbocycles. The Morgan fingerprint density at radius 2 is 2.08 bits per heavy atom. The molecule has 1 aromatic rings. The normalized spacial score (nSPS) is 14.5. The summed E-state index contributed by atoms with van der Waals surface area (Å²) >= 11 is 0. The van der Waals surface area contributed by atoms with Gasteiger partial charge in [0.15, 0.2) is 5.78 Å². The van der Waals surface area contributed by atoms with Gasteiger partial charge >= 0.3 is 0 Å². The molecule has 0 N–H and O–H groups in total. The van der Waals surface area contributed by atoms with Crippen LogP contribution in [0.25, 0.3) is 6.08 Å². The van der Waals surface area contributed by atoms with Crippen molar-refractivity contribution >= 4 is 11.9 Å². The Labute approximate surface area is 69.5 Å². The number of halogens is 1. The van der Waals surface area contributed by atoms with Gasteiger partial charge in [-0.25, -0.2) is 4.39 Å². The number of hydrogen-bond donors (Lipinski definition) is 0. The lowest BCUT2D eigenvalue weighted by Gasteiger charge is -1.95. The van der Waals surface area contributed by atoms with Crippen molar-refractivity contribution in [3.63, 3.8) is 0 Å². The van der Waals surface area contributed by atoms with Crippen LogP contribution < -0.4 is 0 Å². The summed E-state index contributed by atoms with van der Waals surface area (Å²) in [5.41, 5.74) is 1.97. The monoisotopic (exact) mass is 162 g/mol. The molecule has 60 valence electrons. The molecular weight excluding hydrogens is 155 g/mol. The highest BCUT2D eigenvalue weighted by atomic mass is 19.1. The Kier molecular flexibility index (Phi) is 1.37. The highest BCUT2D eigenvalue weighted by Crippen LogP contribution is 2.24. The highest BCUT2D eigenvalue weighted by Gasteiger charge is 2.18. The fourth-order valence-corrected chi connectivity index (χ4v) is 1.36. The number of carbonyl (C=O) groups is 1. The van der Waals surface area contributed by atoms with E-state index in [0.29, 0.717) is 11.1 Å². The first-order valence-electron chi connectivity index (χ1n) is 3.71. The third kappa shape index (κ3) is 0.881. The predicted molar refractivity (Wildman–Crippen MR) is 44.4 cm³/mol. The van der Waals surface area contributed by atoms with Crippen LogP contribution in [0, 0.1) is 5.82 Å².